The lowest BCUT2D eigenvalue weighted by molar-refractivity contribution is -0.384. The number of nitrogens with zero attached hydrogens (tertiary/aromatic N) is 1. The first-order chi connectivity index (χ1) is 9.49. The highest BCUT2D eigenvalue weighted by atomic mass is 16.6. The minimum absolute atomic E-state index is 0.0363. The molecule has 2 rings (SSSR count). The first kappa shape index (κ1) is 14.3. The molecule has 1 aliphatic rings. The van der Waals surface area contributed by atoms with E-state index in [1.807, 2.05) is 0 Å². The molecule has 1 aromatic rings. The number of aromatic carboxylic acids is 1. The van der Waals surface area contributed by atoms with Gasteiger partial charge in [0.2, 0.25) is 0 Å². The van der Waals surface area contributed by atoms with Crippen LogP contribution < -0.4 is 5.32 Å². The lowest BCUT2D eigenvalue weighted by Gasteiger charge is -2.16. The number of aliphatic hydroxyl groups is 1. The maximum absolute atomic E-state index is 11.2. The van der Waals surface area contributed by atoms with Crippen LogP contribution in [0.2, 0.25) is 0 Å². The van der Waals surface area contributed by atoms with E-state index in [-0.39, 0.29) is 29.0 Å². The van der Waals surface area contributed by atoms with Gasteiger partial charge in [0, 0.05) is 19.2 Å². The van der Waals surface area contributed by atoms with Gasteiger partial charge in [-0.3, -0.25) is 10.1 Å². The molecule has 0 unspecified atom stereocenters. The highest BCUT2D eigenvalue weighted by Gasteiger charge is 2.42. The first-order valence-corrected chi connectivity index (χ1v) is 6.34. The third-order valence-corrected chi connectivity index (χ3v) is 3.71. The summed E-state index contributed by atoms with van der Waals surface area (Å²) in [6.45, 7) is 0.489. The highest BCUT2D eigenvalue weighted by molar-refractivity contribution is 5.96. The normalized spacial score (nSPS) is 15.7. The van der Waals surface area contributed by atoms with Crippen LogP contribution in [0.5, 0.6) is 0 Å². The second-order valence-corrected chi connectivity index (χ2v) is 5.09. The molecule has 108 valence electrons. The number of nitro groups is 1. The predicted molar refractivity (Wildman–Crippen MR) is 71.9 cm³/mol. The van der Waals surface area contributed by atoms with Crippen molar-refractivity contribution in [3.63, 3.8) is 0 Å². The van der Waals surface area contributed by atoms with Crippen LogP contribution in [0.15, 0.2) is 18.2 Å². The Balaban J connectivity index is 2.24. The molecule has 7 heteroatoms. The van der Waals surface area contributed by atoms with Crippen molar-refractivity contribution in [1.82, 2.24) is 0 Å². The van der Waals surface area contributed by atoms with Crippen LogP contribution in [0.3, 0.4) is 0 Å². The van der Waals surface area contributed by atoms with Gasteiger partial charge in [0.05, 0.1) is 10.5 Å². The van der Waals surface area contributed by atoms with Gasteiger partial charge in [0.15, 0.2) is 0 Å². The van der Waals surface area contributed by atoms with Crippen LogP contribution in [0, 0.1) is 15.5 Å². The molecule has 1 fully saturated rings. The number of hydrogen-bond donors (Lipinski definition) is 3. The molecule has 0 bridgehead atoms. The molecule has 0 heterocycles. The maximum Gasteiger partial charge on any atom is 0.338 e. The molecule has 0 atom stereocenters. The third-order valence-electron chi connectivity index (χ3n) is 3.71. The van der Waals surface area contributed by atoms with E-state index >= 15 is 0 Å². The Kier molecular flexibility index (Phi) is 3.89. The van der Waals surface area contributed by atoms with Gasteiger partial charge in [0.1, 0.15) is 5.69 Å². The summed E-state index contributed by atoms with van der Waals surface area (Å²) in [5.74, 6) is -1.21. The molecule has 20 heavy (non-hydrogen) atoms. The second kappa shape index (κ2) is 5.46. The molecule has 0 spiro atoms. The summed E-state index contributed by atoms with van der Waals surface area (Å²) in [4.78, 5) is 21.6. The Bertz CT molecular complexity index is 507. The van der Waals surface area contributed by atoms with Gasteiger partial charge in [-0.05, 0) is 30.7 Å². The topological polar surface area (TPSA) is 113 Å². The summed E-state index contributed by atoms with van der Waals surface area (Å²) in [5, 5.41) is 32.0. The maximum atomic E-state index is 11.2. The predicted octanol–water partition coefficient (Wildman–Crippen LogP) is 1.87. The van der Waals surface area contributed by atoms with Crippen molar-refractivity contribution in [3.05, 3.63) is 33.9 Å². The van der Waals surface area contributed by atoms with Gasteiger partial charge < -0.3 is 15.5 Å². The summed E-state index contributed by atoms with van der Waals surface area (Å²) in [6.07, 6.45) is 2.48. The Hall–Kier alpha value is -2.15. The van der Waals surface area contributed by atoms with E-state index in [9.17, 15) is 14.9 Å². The molecule has 0 radical (unpaired) electrons. The number of benzene rings is 1. The van der Waals surface area contributed by atoms with Gasteiger partial charge in [-0.1, -0.05) is 6.07 Å². The second-order valence-electron chi connectivity index (χ2n) is 5.09. The number of nitrogens with one attached hydrogen (secondary N) is 1. The number of carboxylic acid groups (broad SMARTS) is 1. The third kappa shape index (κ3) is 2.88. The fraction of sp³-hybridized carbons (Fsp3) is 0.462. The highest BCUT2D eigenvalue weighted by Crippen LogP contribution is 2.49. The summed E-state index contributed by atoms with van der Waals surface area (Å²) in [7, 11) is 0. The average Bonchev–Trinajstić information content (AvgIpc) is 3.16. The number of carbonyl (C=O) groups is 1. The average molecular weight is 280 g/mol. The van der Waals surface area contributed by atoms with E-state index in [1.165, 1.54) is 18.2 Å². The molecule has 0 aliphatic heterocycles. The number of aliphatic hydroxyl groups excluding tert-OH is 1. The van der Waals surface area contributed by atoms with Gasteiger partial charge in [-0.25, -0.2) is 4.79 Å². The zero-order valence-electron chi connectivity index (χ0n) is 10.8. The van der Waals surface area contributed by atoms with Gasteiger partial charge >= 0.3 is 5.97 Å². The lowest BCUT2D eigenvalue weighted by Crippen LogP contribution is -2.19. The molecule has 0 aromatic heterocycles. The molecular weight excluding hydrogens is 264 g/mol. The summed E-state index contributed by atoms with van der Waals surface area (Å²) in [6, 6.07) is 3.97. The quantitative estimate of drug-likeness (QED) is 0.519. The Morgan fingerprint density at radius 1 is 1.45 bits per heavy atom. The van der Waals surface area contributed by atoms with Crippen molar-refractivity contribution in [2.45, 2.75) is 19.3 Å². The van der Waals surface area contributed by atoms with Crippen LogP contribution in [-0.4, -0.2) is 34.3 Å². The number of rotatable bonds is 7. The molecule has 3 N–H and O–H groups in total. The van der Waals surface area contributed by atoms with E-state index in [4.69, 9.17) is 10.2 Å². The van der Waals surface area contributed by atoms with Crippen LogP contribution >= 0.6 is 0 Å². The van der Waals surface area contributed by atoms with Crippen molar-refractivity contribution >= 4 is 17.3 Å². The molecular formula is C13H16N2O5. The molecule has 1 saturated carbocycles. The molecule has 0 amide bonds. The van der Waals surface area contributed by atoms with Crippen LogP contribution in [0.1, 0.15) is 29.6 Å². The molecule has 1 aromatic carbocycles. The number of nitro benzene ring substituents is 1. The number of hydrogen-bond acceptors (Lipinski definition) is 5. The van der Waals surface area contributed by atoms with Crippen LogP contribution in [-0.2, 0) is 0 Å². The molecule has 1 aliphatic carbocycles. The fourth-order valence-corrected chi connectivity index (χ4v) is 2.26. The minimum Gasteiger partial charge on any atom is -0.478 e. The Morgan fingerprint density at radius 3 is 2.65 bits per heavy atom. The number of para-hydroxylation sites is 1. The van der Waals surface area contributed by atoms with Gasteiger partial charge in [-0.15, -0.1) is 0 Å². The SMILES string of the molecule is O=C(O)c1cccc([N+](=O)[O-])c1NCC1(CCO)CC1. The monoisotopic (exact) mass is 280 g/mol. The smallest absolute Gasteiger partial charge is 0.338 e. The van der Waals surface area contributed by atoms with Crippen LogP contribution in [0.25, 0.3) is 0 Å². The molecule has 7 nitrogen and oxygen atoms in total. The summed E-state index contributed by atoms with van der Waals surface area (Å²) in [5.41, 5.74) is -0.383. The van der Waals surface area contributed by atoms with Crippen molar-refractivity contribution < 1.29 is 19.9 Å². The number of anilines is 1. The zero-order chi connectivity index (χ0) is 14.8. The van der Waals surface area contributed by atoms with Crippen molar-refractivity contribution in [2.75, 3.05) is 18.5 Å². The summed E-state index contributed by atoms with van der Waals surface area (Å²) < 4.78 is 0. The minimum atomic E-state index is -1.21. The summed E-state index contributed by atoms with van der Waals surface area (Å²) >= 11 is 0. The van der Waals surface area contributed by atoms with E-state index in [0.29, 0.717) is 13.0 Å². The largest absolute Gasteiger partial charge is 0.478 e. The van der Waals surface area contributed by atoms with Crippen molar-refractivity contribution in [2.24, 2.45) is 5.41 Å². The van der Waals surface area contributed by atoms with E-state index in [0.717, 1.165) is 12.8 Å². The van der Waals surface area contributed by atoms with Crippen molar-refractivity contribution in [3.8, 4) is 0 Å². The zero-order valence-corrected chi connectivity index (χ0v) is 10.8. The molecule has 0 saturated heterocycles. The van der Waals surface area contributed by atoms with E-state index < -0.39 is 10.9 Å². The number of carboxylic acids is 1. The van der Waals surface area contributed by atoms with Gasteiger partial charge in [0.25, 0.3) is 5.69 Å². The van der Waals surface area contributed by atoms with Crippen LogP contribution in [0.4, 0.5) is 11.4 Å². The van der Waals surface area contributed by atoms with E-state index in [2.05, 4.69) is 5.32 Å². The first-order valence-electron chi connectivity index (χ1n) is 6.34. The van der Waals surface area contributed by atoms with Crippen molar-refractivity contribution in [1.29, 1.82) is 0 Å². The lowest BCUT2D eigenvalue weighted by atomic mass is 10.0. The Morgan fingerprint density at radius 2 is 2.15 bits per heavy atom. The van der Waals surface area contributed by atoms with E-state index in [1.54, 1.807) is 0 Å². The Labute approximate surface area is 115 Å². The standard InChI is InChI=1S/C13H16N2O5/c16-7-6-13(4-5-13)8-14-11-9(12(17)18)2-1-3-10(11)15(19)20/h1-3,14,16H,4-8H2,(H,17,18). The van der Waals surface area contributed by atoms with Gasteiger partial charge in [-0.2, -0.15) is 0 Å². The fourth-order valence-electron chi connectivity index (χ4n) is 2.26.